The normalized spacial score (nSPS) is 10.9. The maximum atomic E-state index is 12.3. The fraction of sp³-hybridized carbons (Fsp3) is 0.211. The Labute approximate surface area is 162 Å². The number of halogens is 1. The van der Waals surface area contributed by atoms with E-state index in [1.807, 2.05) is 0 Å². The van der Waals surface area contributed by atoms with E-state index in [0.29, 0.717) is 33.5 Å². The minimum atomic E-state index is -0.443. The van der Waals surface area contributed by atoms with E-state index in [2.05, 4.69) is 15.8 Å². The molecule has 0 bridgehead atoms. The van der Waals surface area contributed by atoms with Gasteiger partial charge < -0.3 is 14.8 Å². The number of hydrazone groups is 1. The molecule has 2 amide bonds. The van der Waals surface area contributed by atoms with Crippen LogP contribution in [0.3, 0.4) is 0 Å². The van der Waals surface area contributed by atoms with Crippen molar-refractivity contribution in [1.82, 2.24) is 5.43 Å². The van der Waals surface area contributed by atoms with Crippen LogP contribution in [0.5, 0.6) is 11.5 Å². The predicted molar refractivity (Wildman–Crippen MR) is 105 cm³/mol. The Morgan fingerprint density at radius 2 is 1.74 bits per heavy atom. The number of amides is 2. The van der Waals surface area contributed by atoms with Gasteiger partial charge in [-0.15, -0.1) is 0 Å². The lowest BCUT2D eigenvalue weighted by atomic mass is 10.2. The quantitative estimate of drug-likeness (QED) is 0.560. The van der Waals surface area contributed by atoms with E-state index < -0.39 is 5.91 Å². The van der Waals surface area contributed by atoms with Gasteiger partial charge in [0.15, 0.2) is 0 Å². The number of hydrogen-bond donors (Lipinski definition) is 2. The predicted octanol–water partition coefficient (Wildman–Crippen LogP) is 3.49. The monoisotopic (exact) mass is 389 g/mol. The Bertz CT molecular complexity index is 846. The number of anilines is 1. The SMILES string of the molecule is COc1cc(OC)cc(C(=O)N/N=C(\C)CC(=O)Nc2cccc(Cl)c2)c1. The third-order valence-electron chi connectivity index (χ3n) is 3.49. The molecular formula is C19H20ClN3O4. The summed E-state index contributed by atoms with van der Waals surface area (Å²) < 4.78 is 10.3. The topological polar surface area (TPSA) is 89.0 Å². The van der Waals surface area contributed by atoms with Gasteiger partial charge in [0, 0.05) is 28.1 Å². The lowest BCUT2D eigenvalue weighted by Crippen LogP contribution is -2.21. The maximum Gasteiger partial charge on any atom is 0.271 e. The highest BCUT2D eigenvalue weighted by Gasteiger charge is 2.10. The van der Waals surface area contributed by atoms with Crippen molar-refractivity contribution >= 4 is 34.8 Å². The lowest BCUT2D eigenvalue weighted by Gasteiger charge is -2.08. The zero-order valence-corrected chi connectivity index (χ0v) is 16.0. The van der Waals surface area contributed by atoms with Gasteiger partial charge in [0.2, 0.25) is 5.91 Å². The van der Waals surface area contributed by atoms with Crippen molar-refractivity contribution in [3.63, 3.8) is 0 Å². The summed E-state index contributed by atoms with van der Waals surface area (Å²) in [5, 5.41) is 7.20. The zero-order valence-electron chi connectivity index (χ0n) is 15.2. The summed E-state index contributed by atoms with van der Waals surface area (Å²) in [6.07, 6.45) is 0.0220. The molecule has 0 saturated heterocycles. The number of benzene rings is 2. The van der Waals surface area contributed by atoms with Gasteiger partial charge in [-0.3, -0.25) is 9.59 Å². The average molecular weight is 390 g/mol. The van der Waals surface area contributed by atoms with Crippen LogP contribution in [0.1, 0.15) is 23.7 Å². The second-order valence-electron chi connectivity index (χ2n) is 5.62. The third-order valence-corrected chi connectivity index (χ3v) is 3.72. The standard InChI is InChI=1S/C19H20ClN3O4/c1-12(7-18(24)21-15-6-4-5-14(20)10-15)22-23-19(25)13-8-16(26-2)11-17(9-13)27-3/h4-6,8-11H,7H2,1-3H3,(H,21,24)(H,23,25)/b22-12+. The van der Waals surface area contributed by atoms with Crippen molar-refractivity contribution in [1.29, 1.82) is 0 Å². The fourth-order valence-electron chi connectivity index (χ4n) is 2.19. The highest BCUT2D eigenvalue weighted by Crippen LogP contribution is 2.22. The van der Waals surface area contributed by atoms with Gasteiger partial charge in [0.1, 0.15) is 11.5 Å². The molecule has 0 heterocycles. The Morgan fingerprint density at radius 3 is 2.33 bits per heavy atom. The smallest absolute Gasteiger partial charge is 0.271 e. The van der Waals surface area contributed by atoms with Crippen molar-refractivity contribution in [3.05, 3.63) is 53.1 Å². The number of nitrogens with zero attached hydrogens (tertiary/aromatic N) is 1. The average Bonchev–Trinajstić information content (AvgIpc) is 2.65. The van der Waals surface area contributed by atoms with E-state index in [9.17, 15) is 9.59 Å². The number of rotatable bonds is 7. The van der Waals surface area contributed by atoms with E-state index in [-0.39, 0.29) is 12.3 Å². The summed E-state index contributed by atoms with van der Waals surface area (Å²) in [4.78, 5) is 24.3. The summed E-state index contributed by atoms with van der Waals surface area (Å²) in [7, 11) is 2.99. The van der Waals surface area contributed by atoms with Gasteiger partial charge in [-0.25, -0.2) is 5.43 Å². The molecule has 0 saturated carbocycles. The van der Waals surface area contributed by atoms with Crippen LogP contribution in [0.4, 0.5) is 5.69 Å². The molecule has 0 aromatic heterocycles. The second-order valence-corrected chi connectivity index (χ2v) is 6.06. The van der Waals surface area contributed by atoms with Crippen LogP contribution in [0, 0.1) is 0 Å². The molecular weight excluding hydrogens is 370 g/mol. The first-order chi connectivity index (χ1) is 12.9. The van der Waals surface area contributed by atoms with Crippen LogP contribution in [0.25, 0.3) is 0 Å². The van der Waals surface area contributed by atoms with Gasteiger partial charge in [-0.2, -0.15) is 5.10 Å². The number of carbonyl (C=O) groups is 2. The number of carbonyl (C=O) groups excluding carboxylic acids is 2. The van der Waals surface area contributed by atoms with Crippen molar-refractivity contribution in [2.75, 3.05) is 19.5 Å². The molecule has 2 aromatic rings. The number of methoxy groups -OCH3 is 2. The highest BCUT2D eigenvalue weighted by atomic mass is 35.5. The Balaban J connectivity index is 1.96. The molecule has 0 radical (unpaired) electrons. The minimum Gasteiger partial charge on any atom is -0.497 e. The number of nitrogens with one attached hydrogen (secondary N) is 2. The molecule has 27 heavy (non-hydrogen) atoms. The minimum absolute atomic E-state index is 0.0220. The molecule has 0 unspecified atom stereocenters. The summed E-state index contributed by atoms with van der Waals surface area (Å²) in [5.74, 6) is 0.264. The van der Waals surface area contributed by atoms with Crippen molar-refractivity contribution < 1.29 is 19.1 Å². The Morgan fingerprint density at radius 1 is 1.07 bits per heavy atom. The molecule has 142 valence electrons. The van der Waals surface area contributed by atoms with E-state index in [0.717, 1.165) is 0 Å². The van der Waals surface area contributed by atoms with Crippen molar-refractivity contribution in [2.45, 2.75) is 13.3 Å². The first-order valence-electron chi connectivity index (χ1n) is 8.03. The highest BCUT2D eigenvalue weighted by molar-refractivity contribution is 6.30. The van der Waals surface area contributed by atoms with Crippen molar-refractivity contribution in [2.24, 2.45) is 5.10 Å². The van der Waals surface area contributed by atoms with E-state index in [1.165, 1.54) is 14.2 Å². The van der Waals surface area contributed by atoms with Gasteiger partial charge >= 0.3 is 0 Å². The van der Waals surface area contributed by atoms with E-state index >= 15 is 0 Å². The Hall–Kier alpha value is -3.06. The summed E-state index contributed by atoms with van der Waals surface area (Å²) in [6.45, 7) is 1.64. The molecule has 0 fully saturated rings. The molecule has 0 spiro atoms. The zero-order chi connectivity index (χ0) is 19.8. The van der Waals surface area contributed by atoms with Gasteiger partial charge in [0.05, 0.1) is 20.6 Å². The third kappa shape index (κ3) is 6.31. The van der Waals surface area contributed by atoms with Crippen LogP contribution in [0.2, 0.25) is 5.02 Å². The number of ether oxygens (including phenoxy) is 2. The molecule has 2 N–H and O–H groups in total. The molecule has 2 rings (SSSR count). The van der Waals surface area contributed by atoms with Crippen molar-refractivity contribution in [3.8, 4) is 11.5 Å². The van der Waals surface area contributed by atoms with Gasteiger partial charge in [-0.05, 0) is 37.3 Å². The van der Waals surface area contributed by atoms with Crippen LogP contribution in [-0.2, 0) is 4.79 Å². The molecule has 8 heteroatoms. The molecule has 0 aliphatic rings. The maximum absolute atomic E-state index is 12.3. The van der Waals surface area contributed by atoms with Gasteiger partial charge in [-0.1, -0.05) is 17.7 Å². The lowest BCUT2D eigenvalue weighted by molar-refractivity contribution is -0.115. The van der Waals surface area contributed by atoms with Crippen LogP contribution >= 0.6 is 11.6 Å². The molecule has 0 aliphatic carbocycles. The number of hydrogen-bond acceptors (Lipinski definition) is 5. The largest absolute Gasteiger partial charge is 0.497 e. The van der Waals surface area contributed by atoms with Crippen LogP contribution in [-0.4, -0.2) is 31.7 Å². The van der Waals surface area contributed by atoms with E-state index in [1.54, 1.807) is 49.4 Å². The molecule has 2 aromatic carbocycles. The summed E-state index contributed by atoms with van der Waals surface area (Å²) in [5.41, 5.74) is 3.77. The van der Waals surface area contributed by atoms with Crippen LogP contribution in [0.15, 0.2) is 47.6 Å². The van der Waals surface area contributed by atoms with Crippen LogP contribution < -0.4 is 20.2 Å². The van der Waals surface area contributed by atoms with E-state index in [4.69, 9.17) is 21.1 Å². The molecule has 0 aliphatic heterocycles. The first kappa shape index (κ1) is 20.3. The first-order valence-corrected chi connectivity index (χ1v) is 8.41. The Kier molecular flexibility index (Phi) is 7.19. The van der Waals surface area contributed by atoms with Gasteiger partial charge in [0.25, 0.3) is 5.91 Å². The summed E-state index contributed by atoms with van der Waals surface area (Å²) >= 11 is 5.88. The molecule has 0 atom stereocenters. The molecule has 7 nitrogen and oxygen atoms in total. The fourth-order valence-corrected chi connectivity index (χ4v) is 2.38. The second kappa shape index (κ2) is 9.59. The summed E-state index contributed by atoms with van der Waals surface area (Å²) in [6, 6.07) is 11.6.